The maximum Gasteiger partial charge on any atom is 0.311 e. The molecule has 3 aliphatic rings. The lowest BCUT2D eigenvalue weighted by Gasteiger charge is -2.38. The second-order valence-corrected chi connectivity index (χ2v) is 6.30. The zero-order valence-corrected chi connectivity index (χ0v) is 10.9. The Hall–Kier alpha value is -0.610. The van der Waals surface area contributed by atoms with E-state index in [1.807, 2.05) is 0 Å². The molecule has 0 radical (unpaired) electrons. The van der Waals surface area contributed by atoms with Gasteiger partial charge in [0.15, 0.2) is 0 Å². The van der Waals surface area contributed by atoms with Crippen LogP contribution >= 0.6 is 0 Å². The van der Waals surface area contributed by atoms with Gasteiger partial charge < -0.3 is 9.84 Å². The number of aliphatic carboxylic acids is 1. The molecule has 4 nitrogen and oxygen atoms in total. The molecule has 3 rings (SSSR count). The normalized spacial score (nSPS) is 27.4. The van der Waals surface area contributed by atoms with Gasteiger partial charge in [0.2, 0.25) is 0 Å². The summed E-state index contributed by atoms with van der Waals surface area (Å²) in [4.78, 5) is 14.1. The molecule has 3 fully saturated rings. The molecule has 4 heteroatoms. The smallest absolute Gasteiger partial charge is 0.311 e. The number of carboxylic acid groups (broad SMARTS) is 1. The number of carboxylic acids is 1. The second kappa shape index (κ2) is 4.82. The van der Waals surface area contributed by atoms with E-state index in [2.05, 4.69) is 4.90 Å². The molecule has 0 bridgehead atoms. The summed E-state index contributed by atoms with van der Waals surface area (Å²) >= 11 is 0. The van der Waals surface area contributed by atoms with Crippen LogP contribution in [0.5, 0.6) is 0 Å². The van der Waals surface area contributed by atoms with Crippen LogP contribution in [0.1, 0.15) is 38.5 Å². The van der Waals surface area contributed by atoms with Gasteiger partial charge in [-0.15, -0.1) is 0 Å². The molecule has 0 unspecified atom stereocenters. The molecule has 0 aromatic heterocycles. The molecule has 102 valence electrons. The van der Waals surface area contributed by atoms with E-state index in [0.29, 0.717) is 32.1 Å². The van der Waals surface area contributed by atoms with Gasteiger partial charge >= 0.3 is 5.97 Å². The van der Waals surface area contributed by atoms with Crippen molar-refractivity contribution in [3.05, 3.63) is 0 Å². The quantitative estimate of drug-likeness (QED) is 0.783. The van der Waals surface area contributed by atoms with Crippen molar-refractivity contribution < 1.29 is 14.6 Å². The van der Waals surface area contributed by atoms with E-state index in [0.717, 1.165) is 19.0 Å². The number of rotatable bonds is 6. The number of ether oxygens (including phenoxy) is 1. The lowest BCUT2D eigenvalue weighted by molar-refractivity contribution is -0.156. The fourth-order valence-electron chi connectivity index (χ4n) is 3.00. The van der Waals surface area contributed by atoms with Gasteiger partial charge in [-0.1, -0.05) is 0 Å². The molecule has 2 aliphatic carbocycles. The van der Waals surface area contributed by atoms with Gasteiger partial charge in [0.25, 0.3) is 0 Å². The molecular formula is C14H23NO3. The van der Waals surface area contributed by atoms with E-state index in [1.165, 1.54) is 25.7 Å². The Morgan fingerprint density at radius 3 is 2.39 bits per heavy atom. The lowest BCUT2D eigenvalue weighted by atomic mass is 9.79. The van der Waals surface area contributed by atoms with Crippen molar-refractivity contribution in [3.63, 3.8) is 0 Å². The van der Waals surface area contributed by atoms with Crippen LogP contribution in [-0.2, 0) is 9.53 Å². The van der Waals surface area contributed by atoms with E-state index < -0.39 is 11.4 Å². The van der Waals surface area contributed by atoms with Crippen molar-refractivity contribution in [3.8, 4) is 0 Å². The minimum atomic E-state index is -0.618. The third-order valence-electron chi connectivity index (χ3n) is 4.66. The summed E-state index contributed by atoms with van der Waals surface area (Å²) in [6.07, 6.45) is 6.56. The summed E-state index contributed by atoms with van der Waals surface area (Å²) in [5, 5.41) is 9.61. The third-order valence-corrected chi connectivity index (χ3v) is 4.66. The summed E-state index contributed by atoms with van der Waals surface area (Å²) in [6, 6.07) is 0.671. The number of nitrogens with zero attached hydrogens (tertiary/aromatic N) is 1. The number of hydrogen-bond donors (Lipinski definition) is 1. The first-order chi connectivity index (χ1) is 8.70. The largest absolute Gasteiger partial charge is 0.481 e. The summed E-state index contributed by atoms with van der Waals surface area (Å²) in [7, 11) is 0. The molecule has 1 saturated heterocycles. The molecule has 0 amide bonds. The minimum Gasteiger partial charge on any atom is -0.481 e. The van der Waals surface area contributed by atoms with Crippen LogP contribution in [-0.4, -0.2) is 48.3 Å². The fraction of sp³-hybridized carbons (Fsp3) is 0.929. The first-order valence-corrected chi connectivity index (χ1v) is 7.25. The van der Waals surface area contributed by atoms with Crippen molar-refractivity contribution in [2.75, 3.05) is 26.3 Å². The van der Waals surface area contributed by atoms with Crippen LogP contribution in [0.2, 0.25) is 0 Å². The molecule has 1 aliphatic heterocycles. The van der Waals surface area contributed by atoms with Crippen LogP contribution in [0.3, 0.4) is 0 Å². The van der Waals surface area contributed by atoms with E-state index in [1.54, 1.807) is 0 Å². The third kappa shape index (κ3) is 2.69. The Balaban J connectivity index is 1.66. The van der Waals surface area contributed by atoms with Gasteiger partial charge in [0.1, 0.15) is 0 Å². The van der Waals surface area contributed by atoms with Crippen LogP contribution in [0.25, 0.3) is 0 Å². The number of carbonyl (C=O) groups is 1. The maximum atomic E-state index is 11.7. The fourth-order valence-corrected chi connectivity index (χ4v) is 3.00. The topological polar surface area (TPSA) is 49.8 Å². The summed E-state index contributed by atoms with van der Waals surface area (Å²) in [5.74, 6) is 0.225. The highest BCUT2D eigenvalue weighted by atomic mass is 16.5. The van der Waals surface area contributed by atoms with Crippen molar-refractivity contribution >= 4 is 5.97 Å². The molecule has 0 aromatic carbocycles. The average molecular weight is 253 g/mol. The predicted octanol–water partition coefficient (Wildman–Crippen LogP) is 1.74. The van der Waals surface area contributed by atoms with E-state index in [4.69, 9.17) is 4.74 Å². The van der Waals surface area contributed by atoms with Crippen molar-refractivity contribution in [1.82, 2.24) is 4.90 Å². The zero-order chi connectivity index (χ0) is 12.6. The summed E-state index contributed by atoms with van der Waals surface area (Å²) in [6.45, 7) is 3.08. The van der Waals surface area contributed by atoms with Crippen molar-refractivity contribution in [1.29, 1.82) is 0 Å². The standard InChI is InChI=1S/C14H23NO3/c16-13(17)14(5-7-18-8-6-14)10-15(12-3-4-12)9-11-1-2-11/h11-12H,1-10H2,(H,16,17). The SMILES string of the molecule is O=C(O)C1(CN(CC2CC2)C2CC2)CCOCC1. The highest BCUT2D eigenvalue weighted by molar-refractivity contribution is 5.75. The van der Waals surface area contributed by atoms with Gasteiger partial charge in [-0.25, -0.2) is 0 Å². The molecule has 0 atom stereocenters. The van der Waals surface area contributed by atoms with E-state index >= 15 is 0 Å². The Labute approximate surface area is 108 Å². The Bertz CT molecular complexity index is 317. The lowest BCUT2D eigenvalue weighted by Crippen LogP contribution is -2.47. The first kappa shape index (κ1) is 12.4. The highest BCUT2D eigenvalue weighted by Gasteiger charge is 2.45. The highest BCUT2D eigenvalue weighted by Crippen LogP contribution is 2.39. The molecule has 2 saturated carbocycles. The van der Waals surface area contributed by atoms with Gasteiger partial charge in [-0.3, -0.25) is 9.69 Å². The first-order valence-electron chi connectivity index (χ1n) is 7.25. The van der Waals surface area contributed by atoms with E-state index in [9.17, 15) is 9.90 Å². The van der Waals surface area contributed by atoms with Crippen LogP contribution in [0.4, 0.5) is 0 Å². The zero-order valence-electron chi connectivity index (χ0n) is 10.9. The van der Waals surface area contributed by atoms with Crippen LogP contribution in [0.15, 0.2) is 0 Å². The molecule has 0 spiro atoms. The molecular weight excluding hydrogens is 230 g/mol. The van der Waals surface area contributed by atoms with Crippen molar-refractivity contribution in [2.45, 2.75) is 44.6 Å². The molecule has 18 heavy (non-hydrogen) atoms. The Morgan fingerprint density at radius 1 is 1.22 bits per heavy atom. The van der Waals surface area contributed by atoms with Crippen LogP contribution < -0.4 is 0 Å². The van der Waals surface area contributed by atoms with Gasteiger partial charge in [0.05, 0.1) is 5.41 Å². The summed E-state index contributed by atoms with van der Waals surface area (Å²) < 4.78 is 5.34. The monoisotopic (exact) mass is 253 g/mol. The Kier molecular flexibility index (Phi) is 3.32. The Morgan fingerprint density at radius 2 is 1.89 bits per heavy atom. The average Bonchev–Trinajstić information content (AvgIpc) is 3.23. The van der Waals surface area contributed by atoms with Gasteiger partial charge in [0, 0.05) is 32.3 Å². The van der Waals surface area contributed by atoms with Crippen LogP contribution in [0, 0.1) is 11.3 Å². The molecule has 1 heterocycles. The van der Waals surface area contributed by atoms with Crippen molar-refractivity contribution in [2.24, 2.45) is 11.3 Å². The molecule has 0 aromatic rings. The number of hydrogen-bond acceptors (Lipinski definition) is 3. The predicted molar refractivity (Wildman–Crippen MR) is 67.4 cm³/mol. The van der Waals surface area contributed by atoms with E-state index in [-0.39, 0.29) is 0 Å². The van der Waals surface area contributed by atoms with Gasteiger partial charge in [-0.2, -0.15) is 0 Å². The molecule has 1 N–H and O–H groups in total. The maximum absolute atomic E-state index is 11.7. The second-order valence-electron chi connectivity index (χ2n) is 6.30. The summed E-state index contributed by atoms with van der Waals surface area (Å²) in [5.41, 5.74) is -0.546. The van der Waals surface area contributed by atoms with Gasteiger partial charge in [-0.05, 0) is 44.4 Å². The minimum absolute atomic E-state index is 0.546.